The number of hydrogen-bond donors (Lipinski definition) is 1. The van der Waals surface area contributed by atoms with E-state index in [4.69, 9.17) is 0 Å². The molecule has 1 aliphatic carbocycles. The van der Waals surface area contributed by atoms with Crippen molar-refractivity contribution in [2.24, 2.45) is 11.8 Å². The van der Waals surface area contributed by atoms with Crippen molar-refractivity contribution in [2.45, 2.75) is 43.2 Å². The zero-order valence-corrected chi connectivity index (χ0v) is 15.7. The van der Waals surface area contributed by atoms with Gasteiger partial charge in [-0.1, -0.05) is 25.3 Å². The Morgan fingerprint density at radius 3 is 2.56 bits per heavy atom. The summed E-state index contributed by atoms with van der Waals surface area (Å²) in [6, 6.07) is 5.21. The molecule has 1 aromatic rings. The highest BCUT2D eigenvalue weighted by Crippen LogP contribution is 2.36. The van der Waals surface area contributed by atoms with Gasteiger partial charge in [0.2, 0.25) is 10.0 Å². The topological polar surface area (TPSA) is 66.5 Å². The first-order chi connectivity index (χ1) is 12.7. The maximum absolute atomic E-state index is 12.8. The normalized spacial score (nSPS) is 23.7. The van der Waals surface area contributed by atoms with E-state index < -0.39 is 22.7 Å². The number of piperidine rings is 1. The number of amides is 1. The van der Waals surface area contributed by atoms with E-state index in [0.717, 1.165) is 18.9 Å². The number of fused-ring (bicyclic) bond motifs is 1. The maximum Gasteiger partial charge on any atom is 0.402 e. The highest BCUT2D eigenvalue weighted by Gasteiger charge is 2.34. The summed E-state index contributed by atoms with van der Waals surface area (Å²) in [4.78, 5) is 14.2. The smallest absolute Gasteiger partial charge is 0.338 e. The van der Waals surface area contributed by atoms with Crippen LogP contribution in [0.25, 0.3) is 0 Å². The predicted molar refractivity (Wildman–Crippen MR) is 93.7 cm³/mol. The number of rotatable bonds is 4. The molecular formula is C18H23F3N2O3S. The van der Waals surface area contributed by atoms with Crippen LogP contribution in [0.4, 0.5) is 13.2 Å². The SMILES string of the molecule is O=C(c1cccc(S(=O)(=O)NCC(F)(F)F)c1)N1CC[C@H]2CCCC[C@@H]2C1. The average Bonchev–Trinajstić information content (AvgIpc) is 2.65. The van der Waals surface area contributed by atoms with E-state index in [1.54, 1.807) is 4.90 Å². The minimum Gasteiger partial charge on any atom is -0.338 e. The van der Waals surface area contributed by atoms with Crippen molar-refractivity contribution in [3.63, 3.8) is 0 Å². The summed E-state index contributed by atoms with van der Waals surface area (Å²) < 4.78 is 62.6. The van der Waals surface area contributed by atoms with Gasteiger partial charge in [-0.2, -0.15) is 13.2 Å². The van der Waals surface area contributed by atoms with Gasteiger partial charge in [0.1, 0.15) is 6.54 Å². The Balaban J connectivity index is 1.72. The van der Waals surface area contributed by atoms with Gasteiger partial charge in [-0.15, -0.1) is 0 Å². The van der Waals surface area contributed by atoms with E-state index in [1.165, 1.54) is 42.2 Å². The molecule has 1 N–H and O–H groups in total. The zero-order chi connectivity index (χ0) is 19.7. The molecule has 0 radical (unpaired) electrons. The Hall–Kier alpha value is -1.61. The van der Waals surface area contributed by atoms with Crippen LogP contribution in [0.15, 0.2) is 29.2 Å². The molecule has 1 amide bonds. The minimum atomic E-state index is -4.65. The number of sulfonamides is 1. The van der Waals surface area contributed by atoms with E-state index in [9.17, 15) is 26.4 Å². The molecule has 2 atom stereocenters. The van der Waals surface area contributed by atoms with Crippen LogP contribution in [0.2, 0.25) is 0 Å². The van der Waals surface area contributed by atoms with E-state index in [2.05, 4.69) is 0 Å². The molecule has 1 heterocycles. The Kier molecular flexibility index (Phi) is 5.81. The van der Waals surface area contributed by atoms with Gasteiger partial charge >= 0.3 is 6.18 Å². The molecule has 27 heavy (non-hydrogen) atoms. The summed E-state index contributed by atoms with van der Waals surface area (Å²) in [5, 5.41) is 0. The van der Waals surface area contributed by atoms with Crippen LogP contribution >= 0.6 is 0 Å². The molecule has 0 aromatic heterocycles. The van der Waals surface area contributed by atoms with Gasteiger partial charge in [-0.3, -0.25) is 4.79 Å². The maximum atomic E-state index is 12.8. The number of carbonyl (C=O) groups is 1. The van der Waals surface area contributed by atoms with Crippen LogP contribution in [-0.2, 0) is 10.0 Å². The predicted octanol–water partition coefficient (Wildman–Crippen LogP) is 3.18. The molecule has 3 rings (SSSR count). The van der Waals surface area contributed by atoms with Gasteiger partial charge in [0, 0.05) is 18.7 Å². The first-order valence-corrected chi connectivity index (χ1v) is 10.6. The van der Waals surface area contributed by atoms with Crippen molar-refractivity contribution in [3.8, 4) is 0 Å². The van der Waals surface area contributed by atoms with Crippen molar-refractivity contribution < 1.29 is 26.4 Å². The summed E-state index contributed by atoms with van der Waals surface area (Å²) in [7, 11) is -4.34. The third kappa shape index (κ3) is 5.01. The number of benzene rings is 1. The molecule has 0 spiro atoms. The monoisotopic (exact) mass is 404 g/mol. The van der Waals surface area contributed by atoms with Gasteiger partial charge in [0.25, 0.3) is 5.91 Å². The fourth-order valence-corrected chi connectivity index (χ4v) is 5.08. The Morgan fingerprint density at radius 1 is 1.15 bits per heavy atom. The molecule has 0 bridgehead atoms. The van der Waals surface area contributed by atoms with Crippen LogP contribution < -0.4 is 4.72 Å². The molecule has 2 aliphatic rings. The van der Waals surface area contributed by atoms with Gasteiger partial charge < -0.3 is 4.90 Å². The molecule has 150 valence electrons. The second-order valence-electron chi connectivity index (χ2n) is 7.31. The summed E-state index contributed by atoms with van der Waals surface area (Å²) in [6.07, 6.45) is 1.00. The average molecular weight is 404 g/mol. The number of nitrogens with one attached hydrogen (secondary N) is 1. The van der Waals surface area contributed by atoms with Crippen LogP contribution in [0, 0.1) is 11.8 Å². The molecule has 1 saturated heterocycles. The van der Waals surface area contributed by atoms with Crippen molar-refractivity contribution >= 4 is 15.9 Å². The summed E-state index contributed by atoms with van der Waals surface area (Å²) in [5.74, 6) is 0.866. The van der Waals surface area contributed by atoms with Gasteiger partial charge in [0.05, 0.1) is 4.90 Å². The van der Waals surface area contributed by atoms with Crippen LogP contribution in [0.5, 0.6) is 0 Å². The van der Waals surface area contributed by atoms with Crippen LogP contribution in [0.1, 0.15) is 42.5 Å². The van der Waals surface area contributed by atoms with Gasteiger partial charge in [-0.05, 0) is 42.9 Å². The number of halogens is 3. The second-order valence-corrected chi connectivity index (χ2v) is 9.08. The molecule has 9 heteroatoms. The van der Waals surface area contributed by atoms with Crippen molar-refractivity contribution in [3.05, 3.63) is 29.8 Å². The lowest BCUT2D eigenvalue weighted by Crippen LogP contribution is -2.44. The molecular weight excluding hydrogens is 381 g/mol. The third-order valence-corrected chi connectivity index (χ3v) is 6.83. The van der Waals surface area contributed by atoms with Crippen molar-refractivity contribution in [2.75, 3.05) is 19.6 Å². The number of carbonyl (C=O) groups excluding carboxylic acids is 1. The van der Waals surface area contributed by atoms with Crippen LogP contribution in [0.3, 0.4) is 0 Å². The first kappa shape index (κ1) is 20.1. The minimum absolute atomic E-state index is 0.180. The first-order valence-electron chi connectivity index (χ1n) is 9.11. The molecule has 5 nitrogen and oxygen atoms in total. The van der Waals surface area contributed by atoms with E-state index >= 15 is 0 Å². The highest BCUT2D eigenvalue weighted by molar-refractivity contribution is 7.89. The highest BCUT2D eigenvalue weighted by atomic mass is 32.2. The zero-order valence-electron chi connectivity index (χ0n) is 14.8. The third-order valence-electron chi connectivity index (χ3n) is 5.43. The van der Waals surface area contributed by atoms with E-state index in [0.29, 0.717) is 24.9 Å². The largest absolute Gasteiger partial charge is 0.402 e. The molecule has 0 unspecified atom stereocenters. The lowest BCUT2D eigenvalue weighted by atomic mass is 9.75. The number of nitrogens with zero attached hydrogens (tertiary/aromatic N) is 1. The van der Waals surface area contributed by atoms with E-state index in [-0.39, 0.29) is 16.4 Å². The fraction of sp³-hybridized carbons (Fsp3) is 0.611. The summed E-state index contributed by atoms with van der Waals surface area (Å²) in [6.45, 7) is -0.362. The molecule has 1 saturated carbocycles. The van der Waals surface area contributed by atoms with Crippen molar-refractivity contribution in [1.29, 1.82) is 0 Å². The number of hydrogen-bond acceptors (Lipinski definition) is 3. The lowest BCUT2D eigenvalue weighted by Gasteiger charge is -2.41. The number of likely N-dealkylation sites (tertiary alicyclic amines) is 1. The molecule has 1 aliphatic heterocycles. The number of alkyl halides is 3. The quantitative estimate of drug-likeness (QED) is 0.838. The Morgan fingerprint density at radius 2 is 1.85 bits per heavy atom. The fourth-order valence-electron chi connectivity index (χ4n) is 4.02. The summed E-state index contributed by atoms with van der Waals surface area (Å²) >= 11 is 0. The van der Waals surface area contributed by atoms with Crippen molar-refractivity contribution in [1.82, 2.24) is 9.62 Å². The molecule has 1 aromatic carbocycles. The summed E-state index contributed by atoms with van der Waals surface area (Å²) in [5.41, 5.74) is 0.180. The van der Waals surface area contributed by atoms with Gasteiger partial charge in [-0.25, -0.2) is 13.1 Å². The molecule has 2 fully saturated rings. The Labute approximate surface area is 157 Å². The Bertz CT molecular complexity index is 795. The lowest BCUT2D eigenvalue weighted by molar-refractivity contribution is -0.121. The van der Waals surface area contributed by atoms with Gasteiger partial charge in [0.15, 0.2) is 0 Å². The van der Waals surface area contributed by atoms with E-state index in [1.807, 2.05) is 0 Å². The van der Waals surface area contributed by atoms with Crippen LogP contribution in [-0.4, -0.2) is 45.0 Å². The second kappa shape index (κ2) is 7.79. The standard InChI is InChI=1S/C18H23F3N2O3S/c19-18(20,21)12-22-27(25,26)16-7-3-6-14(10-16)17(24)23-9-8-13-4-1-2-5-15(13)11-23/h3,6-7,10,13,15,22H,1-2,4-5,8-9,11-12H2/t13-,15-/m1/s1.